The lowest BCUT2D eigenvalue weighted by Gasteiger charge is -2.18. The molecule has 1 amide bonds. The second kappa shape index (κ2) is 7.10. The van der Waals surface area contributed by atoms with E-state index in [1.165, 1.54) is 23.1 Å². The van der Waals surface area contributed by atoms with E-state index >= 15 is 0 Å². The first-order chi connectivity index (χ1) is 13.8. The number of nitrogens with zero attached hydrogens (tertiary/aromatic N) is 5. The molecule has 0 saturated heterocycles. The van der Waals surface area contributed by atoms with Gasteiger partial charge in [0.25, 0.3) is 0 Å². The summed E-state index contributed by atoms with van der Waals surface area (Å²) < 4.78 is 17.4. The Balaban J connectivity index is 1.45. The zero-order chi connectivity index (χ0) is 20.6. The number of anilines is 1. The average Bonchev–Trinajstić information content (AvgIpc) is 3.31. The highest BCUT2D eigenvalue weighted by atomic mass is 19.1. The summed E-state index contributed by atoms with van der Waals surface area (Å²) in [6.07, 6.45) is 6.64. The summed E-state index contributed by atoms with van der Waals surface area (Å²) in [6, 6.07) is 7.97. The van der Waals surface area contributed by atoms with Crippen LogP contribution in [-0.4, -0.2) is 35.4 Å². The molecule has 3 aromatic heterocycles. The minimum absolute atomic E-state index is 0.0487. The fourth-order valence-corrected chi connectivity index (χ4v) is 2.93. The third kappa shape index (κ3) is 3.99. The van der Waals surface area contributed by atoms with E-state index in [-0.39, 0.29) is 12.2 Å². The van der Waals surface area contributed by atoms with Gasteiger partial charge in [0.1, 0.15) is 18.7 Å². The lowest BCUT2D eigenvalue weighted by molar-refractivity contribution is -0.116. The Kier molecular flexibility index (Phi) is 4.59. The monoisotopic (exact) mass is 394 g/mol. The number of hydrogen-bond donors (Lipinski definition) is 2. The van der Waals surface area contributed by atoms with Gasteiger partial charge in [-0.15, -0.1) is 0 Å². The highest BCUT2D eigenvalue weighted by Crippen LogP contribution is 2.24. The van der Waals surface area contributed by atoms with Gasteiger partial charge >= 0.3 is 0 Å². The molecule has 0 saturated carbocycles. The summed E-state index contributed by atoms with van der Waals surface area (Å²) in [5.41, 5.74) is 1.74. The zero-order valence-electron chi connectivity index (χ0n) is 15.9. The molecule has 4 rings (SSSR count). The summed E-state index contributed by atoms with van der Waals surface area (Å²) in [5.74, 6) is -1.02. The first-order valence-electron chi connectivity index (χ1n) is 8.94. The third-order valence-corrected chi connectivity index (χ3v) is 4.50. The van der Waals surface area contributed by atoms with Gasteiger partial charge in [0.2, 0.25) is 5.91 Å². The molecule has 9 heteroatoms. The van der Waals surface area contributed by atoms with Crippen LogP contribution in [0.5, 0.6) is 0 Å². The number of halogens is 1. The molecule has 1 aromatic carbocycles. The van der Waals surface area contributed by atoms with Crippen LogP contribution in [-0.2, 0) is 16.9 Å². The molecule has 29 heavy (non-hydrogen) atoms. The van der Waals surface area contributed by atoms with E-state index in [9.17, 15) is 14.3 Å². The van der Waals surface area contributed by atoms with Crippen LogP contribution < -0.4 is 5.32 Å². The predicted octanol–water partition coefficient (Wildman–Crippen LogP) is 2.60. The van der Waals surface area contributed by atoms with Crippen molar-refractivity contribution in [1.82, 2.24) is 24.4 Å². The Hall–Kier alpha value is -3.59. The molecule has 0 aliphatic carbocycles. The average molecular weight is 394 g/mol. The van der Waals surface area contributed by atoms with Gasteiger partial charge in [0.05, 0.1) is 17.5 Å². The molecule has 2 N–H and O–H groups in total. The van der Waals surface area contributed by atoms with Crippen LogP contribution in [0.15, 0.2) is 55.2 Å². The Morgan fingerprint density at radius 2 is 2.03 bits per heavy atom. The Labute approximate surface area is 165 Å². The maximum atomic E-state index is 14.2. The van der Waals surface area contributed by atoms with E-state index in [1.54, 1.807) is 43.0 Å². The second-order valence-corrected chi connectivity index (χ2v) is 7.21. The fourth-order valence-electron chi connectivity index (χ4n) is 2.93. The standard InChI is InChI=1S/C20H19FN6O2/c1-20(2,29)15-3-4-17(16(21)8-15)25-19(28)11-26-10-14(9-23-26)13-5-6-27-18(7-13)22-12-24-27/h3-10,12,29H,11H2,1-2H3,(H,25,28). The van der Waals surface area contributed by atoms with Crippen molar-refractivity contribution >= 4 is 17.2 Å². The van der Waals surface area contributed by atoms with Gasteiger partial charge in [0, 0.05) is 18.0 Å². The van der Waals surface area contributed by atoms with Crippen molar-refractivity contribution in [3.8, 4) is 11.1 Å². The number of amides is 1. The van der Waals surface area contributed by atoms with Crippen LogP contribution in [0, 0.1) is 5.82 Å². The molecule has 0 aliphatic heterocycles. The van der Waals surface area contributed by atoms with Crippen LogP contribution >= 0.6 is 0 Å². The molecule has 0 radical (unpaired) electrons. The zero-order valence-corrected chi connectivity index (χ0v) is 15.9. The third-order valence-electron chi connectivity index (χ3n) is 4.50. The molecule has 0 aliphatic rings. The van der Waals surface area contributed by atoms with Gasteiger partial charge in [-0.25, -0.2) is 13.9 Å². The van der Waals surface area contributed by atoms with E-state index in [4.69, 9.17) is 0 Å². The second-order valence-electron chi connectivity index (χ2n) is 7.21. The van der Waals surface area contributed by atoms with Crippen molar-refractivity contribution in [2.75, 3.05) is 5.32 Å². The van der Waals surface area contributed by atoms with Crippen molar-refractivity contribution in [2.24, 2.45) is 0 Å². The fraction of sp³-hybridized carbons (Fsp3) is 0.200. The largest absolute Gasteiger partial charge is 0.386 e. The predicted molar refractivity (Wildman–Crippen MR) is 104 cm³/mol. The Morgan fingerprint density at radius 1 is 1.21 bits per heavy atom. The minimum Gasteiger partial charge on any atom is -0.386 e. The van der Waals surface area contributed by atoms with Crippen LogP contribution in [0.3, 0.4) is 0 Å². The van der Waals surface area contributed by atoms with E-state index in [2.05, 4.69) is 20.5 Å². The van der Waals surface area contributed by atoms with Gasteiger partial charge in [-0.3, -0.25) is 9.48 Å². The number of nitrogens with one attached hydrogen (secondary N) is 1. The van der Waals surface area contributed by atoms with Crippen LogP contribution in [0.4, 0.5) is 10.1 Å². The number of aliphatic hydroxyl groups is 1. The molecular formula is C20H19FN6O2. The van der Waals surface area contributed by atoms with Gasteiger partial charge in [0.15, 0.2) is 5.65 Å². The highest BCUT2D eigenvalue weighted by Gasteiger charge is 2.18. The number of aromatic nitrogens is 5. The van der Waals surface area contributed by atoms with Gasteiger partial charge < -0.3 is 10.4 Å². The Morgan fingerprint density at radius 3 is 2.79 bits per heavy atom. The molecule has 0 fully saturated rings. The maximum absolute atomic E-state index is 14.2. The molecular weight excluding hydrogens is 375 g/mol. The van der Waals surface area contributed by atoms with Gasteiger partial charge in [-0.1, -0.05) is 6.07 Å². The number of benzene rings is 1. The first kappa shape index (κ1) is 18.8. The van der Waals surface area contributed by atoms with Crippen molar-refractivity contribution in [3.05, 3.63) is 66.6 Å². The minimum atomic E-state index is -1.16. The summed E-state index contributed by atoms with van der Waals surface area (Å²) >= 11 is 0. The molecule has 4 aromatic rings. The number of carbonyl (C=O) groups is 1. The molecule has 0 bridgehead atoms. The van der Waals surface area contributed by atoms with E-state index < -0.39 is 17.3 Å². The SMILES string of the molecule is CC(C)(O)c1ccc(NC(=O)Cn2cc(-c3ccn4ncnc4c3)cn2)c(F)c1. The summed E-state index contributed by atoms with van der Waals surface area (Å²) in [4.78, 5) is 16.4. The number of hydrogen-bond acceptors (Lipinski definition) is 5. The van der Waals surface area contributed by atoms with E-state index in [0.717, 1.165) is 11.1 Å². The van der Waals surface area contributed by atoms with Gasteiger partial charge in [-0.2, -0.15) is 10.2 Å². The van der Waals surface area contributed by atoms with Crippen molar-refractivity contribution < 1.29 is 14.3 Å². The summed E-state index contributed by atoms with van der Waals surface area (Å²) in [7, 11) is 0. The molecule has 0 atom stereocenters. The molecule has 0 unspecified atom stereocenters. The number of pyridine rings is 1. The van der Waals surface area contributed by atoms with Crippen LogP contribution in [0.2, 0.25) is 0 Å². The van der Waals surface area contributed by atoms with E-state index in [0.29, 0.717) is 11.2 Å². The molecule has 0 spiro atoms. The first-order valence-corrected chi connectivity index (χ1v) is 8.94. The van der Waals surface area contributed by atoms with Gasteiger partial charge in [-0.05, 0) is 49.2 Å². The van der Waals surface area contributed by atoms with Crippen LogP contribution in [0.25, 0.3) is 16.8 Å². The lowest BCUT2D eigenvalue weighted by atomic mass is 9.98. The van der Waals surface area contributed by atoms with Crippen molar-refractivity contribution in [3.63, 3.8) is 0 Å². The smallest absolute Gasteiger partial charge is 0.246 e. The number of fused-ring (bicyclic) bond motifs is 1. The van der Waals surface area contributed by atoms with E-state index in [1.807, 2.05) is 12.1 Å². The van der Waals surface area contributed by atoms with Crippen molar-refractivity contribution in [1.29, 1.82) is 0 Å². The molecule has 3 heterocycles. The number of rotatable bonds is 5. The summed E-state index contributed by atoms with van der Waals surface area (Å²) in [5, 5.41) is 20.7. The van der Waals surface area contributed by atoms with Crippen LogP contribution in [0.1, 0.15) is 19.4 Å². The maximum Gasteiger partial charge on any atom is 0.246 e. The normalized spacial score (nSPS) is 11.7. The quantitative estimate of drug-likeness (QED) is 0.542. The molecule has 148 valence electrons. The topological polar surface area (TPSA) is 97.3 Å². The highest BCUT2D eigenvalue weighted by molar-refractivity contribution is 5.90. The lowest BCUT2D eigenvalue weighted by Crippen LogP contribution is -2.20. The Bertz CT molecular complexity index is 1190. The van der Waals surface area contributed by atoms with Crippen molar-refractivity contribution in [2.45, 2.75) is 26.0 Å². The molecule has 8 nitrogen and oxygen atoms in total. The number of carbonyl (C=O) groups excluding carboxylic acids is 1. The summed E-state index contributed by atoms with van der Waals surface area (Å²) in [6.45, 7) is 3.06.